The van der Waals surface area contributed by atoms with Crippen LogP contribution in [-0.4, -0.2) is 21.3 Å². The first-order chi connectivity index (χ1) is 7.74. The van der Waals surface area contributed by atoms with Crippen molar-refractivity contribution in [3.63, 3.8) is 0 Å². The molecule has 0 bridgehead atoms. The summed E-state index contributed by atoms with van der Waals surface area (Å²) in [5.74, 6) is 2.37. The van der Waals surface area contributed by atoms with E-state index in [1.807, 2.05) is 4.68 Å². The number of fused-ring (bicyclic) bond motifs is 1. The SMILES string of the molecule is Cc1ccsc1-c1nc2n(n1)CC(C)CN2. The van der Waals surface area contributed by atoms with Crippen molar-refractivity contribution in [2.75, 3.05) is 11.9 Å². The number of aryl methyl sites for hydroxylation is 1. The number of hydrogen-bond donors (Lipinski definition) is 1. The van der Waals surface area contributed by atoms with Crippen molar-refractivity contribution < 1.29 is 0 Å². The van der Waals surface area contributed by atoms with E-state index in [4.69, 9.17) is 0 Å². The maximum absolute atomic E-state index is 4.56. The molecular weight excluding hydrogens is 220 g/mol. The van der Waals surface area contributed by atoms with E-state index in [2.05, 4.69) is 40.7 Å². The summed E-state index contributed by atoms with van der Waals surface area (Å²) in [6, 6.07) is 2.11. The van der Waals surface area contributed by atoms with Crippen LogP contribution in [0, 0.1) is 12.8 Å². The second kappa shape index (κ2) is 3.59. The molecule has 3 heterocycles. The van der Waals surface area contributed by atoms with Gasteiger partial charge in [0.2, 0.25) is 5.95 Å². The van der Waals surface area contributed by atoms with Crippen LogP contribution in [0.1, 0.15) is 12.5 Å². The first-order valence-electron chi connectivity index (χ1n) is 5.47. The van der Waals surface area contributed by atoms with Crippen LogP contribution >= 0.6 is 11.3 Å². The Hall–Kier alpha value is -1.36. The van der Waals surface area contributed by atoms with E-state index in [1.54, 1.807) is 11.3 Å². The van der Waals surface area contributed by atoms with Crippen LogP contribution in [0.15, 0.2) is 11.4 Å². The van der Waals surface area contributed by atoms with Gasteiger partial charge in [0.1, 0.15) is 0 Å². The van der Waals surface area contributed by atoms with E-state index in [1.165, 1.54) is 10.4 Å². The zero-order valence-electron chi connectivity index (χ0n) is 9.40. The monoisotopic (exact) mass is 234 g/mol. The molecular formula is C11H14N4S. The number of anilines is 1. The van der Waals surface area contributed by atoms with Gasteiger partial charge >= 0.3 is 0 Å². The lowest BCUT2D eigenvalue weighted by Gasteiger charge is -2.19. The van der Waals surface area contributed by atoms with Crippen molar-refractivity contribution in [3.05, 3.63) is 17.0 Å². The molecule has 0 fully saturated rings. The van der Waals surface area contributed by atoms with Gasteiger partial charge in [0.05, 0.1) is 4.88 Å². The van der Waals surface area contributed by atoms with Crippen LogP contribution in [0.3, 0.4) is 0 Å². The van der Waals surface area contributed by atoms with Crippen molar-refractivity contribution in [1.29, 1.82) is 0 Å². The molecule has 0 amide bonds. The molecule has 1 unspecified atom stereocenters. The fourth-order valence-electron chi connectivity index (χ4n) is 1.92. The van der Waals surface area contributed by atoms with E-state index in [0.29, 0.717) is 5.92 Å². The van der Waals surface area contributed by atoms with Crippen molar-refractivity contribution >= 4 is 17.3 Å². The standard InChI is InChI=1S/C11H14N4S/c1-7-5-12-11-13-10(14-15(11)6-7)9-8(2)3-4-16-9/h3-4,7H,5-6H2,1-2H3,(H,12,13,14). The lowest BCUT2D eigenvalue weighted by Crippen LogP contribution is -2.25. The van der Waals surface area contributed by atoms with E-state index in [0.717, 1.165) is 24.9 Å². The van der Waals surface area contributed by atoms with Gasteiger partial charge in [0, 0.05) is 13.1 Å². The van der Waals surface area contributed by atoms with Gasteiger partial charge in [-0.2, -0.15) is 4.98 Å². The van der Waals surface area contributed by atoms with Gasteiger partial charge in [-0.1, -0.05) is 6.92 Å². The average Bonchev–Trinajstić information content (AvgIpc) is 2.82. The molecule has 0 radical (unpaired) electrons. The highest BCUT2D eigenvalue weighted by atomic mass is 32.1. The Morgan fingerprint density at radius 1 is 1.56 bits per heavy atom. The lowest BCUT2D eigenvalue weighted by molar-refractivity contribution is 0.444. The molecule has 0 saturated carbocycles. The number of nitrogens with one attached hydrogen (secondary N) is 1. The van der Waals surface area contributed by atoms with E-state index in [9.17, 15) is 0 Å². The maximum atomic E-state index is 4.56. The van der Waals surface area contributed by atoms with Crippen LogP contribution in [0.25, 0.3) is 10.7 Å². The molecule has 0 aromatic carbocycles. The number of rotatable bonds is 1. The Kier molecular flexibility index (Phi) is 2.21. The van der Waals surface area contributed by atoms with Gasteiger partial charge in [-0.25, -0.2) is 4.68 Å². The van der Waals surface area contributed by atoms with Gasteiger partial charge in [-0.3, -0.25) is 0 Å². The van der Waals surface area contributed by atoms with Gasteiger partial charge in [0.15, 0.2) is 5.82 Å². The lowest BCUT2D eigenvalue weighted by atomic mass is 10.1. The molecule has 0 spiro atoms. The molecule has 1 atom stereocenters. The van der Waals surface area contributed by atoms with Crippen LogP contribution < -0.4 is 5.32 Å². The largest absolute Gasteiger partial charge is 0.354 e. The summed E-state index contributed by atoms with van der Waals surface area (Å²) in [5, 5.41) is 9.95. The molecule has 1 aliphatic heterocycles. The molecule has 3 rings (SSSR count). The van der Waals surface area contributed by atoms with Crippen molar-refractivity contribution in [2.45, 2.75) is 20.4 Å². The second-order valence-electron chi connectivity index (χ2n) is 4.36. The molecule has 84 valence electrons. The molecule has 4 nitrogen and oxygen atoms in total. The first kappa shape index (κ1) is 9.84. The van der Waals surface area contributed by atoms with Crippen molar-refractivity contribution in [1.82, 2.24) is 14.8 Å². The van der Waals surface area contributed by atoms with E-state index < -0.39 is 0 Å². The minimum Gasteiger partial charge on any atom is -0.354 e. The third-order valence-electron chi connectivity index (χ3n) is 2.83. The fourth-order valence-corrected chi connectivity index (χ4v) is 2.78. The summed E-state index contributed by atoms with van der Waals surface area (Å²) >= 11 is 1.70. The summed E-state index contributed by atoms with van der Waals surface area (Å²) in [6.45, 7) is 6.26. The van der Waals surface area contributed by atoms with E-state index >= 15 is 0 Å². The zero-order chi connectivity index (χ0) is 11.1. The molecule has 0 aliphatic carbocycles. The van der Waals surface area contributed by atoms with Crippen LogP contribution in [-0.2, 0) is 6.54 Å². The van der Waals surface area contributed by atoms with Crippen molar-refractivity contribution in [2.24, 2.45) is 5.92 Å². The smallest absolute Gasteiger partial charge is 0.221 e. The predicted molar refractivity (Wildman–Crippen MR) is 65.7 cm³/mol. The third kappa shape index (κ3) is 1.51. The van der Waals surface area contributed by atoms with Gasteiger partial charge in [-0.15, -0.1) is 16.4 Å². The Balaban J connectivity index is 2.02. The zero-order valence-corrected chi connectivity index (χ0v) is 10.2. The second-order valence-corrected chi connectivity index (χ2v) is 5.28. The number of thiophene rings is 1. The summed E-state index contributed by atoms with van der Waals surface area (Å²) in [7, 11) is 0. The first-order valence-corrected chi connectivity index (χ1v) is 6.35. The normalized spacial score (nSPS) is 19.2. The third-order valence-corrected chi connectivity index (χ3v) is 3.84. The Labute approximate surface area is 98.3 Å². The average molecular weight is 234 g/mol. The topological polar surface area (TPSA) is 42.7 Å². The highest BCUT2D eigenvalue weighted by Crippen LogP contribution is 2.28. The summed E-state index contributed by atoms with van der Waals surface area (Å²) in [4.78, 5) is 5.72. The summed E-state index contributed by atoms with van der Waals surface area (Å²) < 4.78 is 1.97. The van der Waals surface area contributed by atoms with Crippen LogP contribution in [0.5, 0.6) is 0 Å². The number of hydrogen-bond acceptors (Lipinski definition) is 4. The molecule has 16 heavy (non-hydrogen) atoms. The highest BCUT2D eigenvalue weighted by molar-refractivity contribution is 7.13. The minimum atomic E-state index is 0.617. The Morgan fingerprint density at radius 3 is 3.19 bits per heavy atom. The molecule has 2 aromatic rings. The van der Waals surface area contributed by atoms with Gasteiger partial charge < -0.3 is 5.32 Å². The molecule has 1 aliphatic rings. The number of nitrogens with zero attached hydrogens (tertiary/aromatic N) is 3. The minimum absolute atomic E-state index is 0.617. The summed E-state index contributed by atoms with van der Waals surface area (Å²) in [6.07, 6.45) is 0. The van der Waals surface area contributed by atoms with Gasteiger partial charge in [-0.05, 0) is 29.9 Å². The Bertz CT molecular complexity index is 514. The molecule has 0 saturated heterocycles. The molecule has 5 heteroatoms. The summed E-state index contributed by atoms with van der Waals surface area (Å²) in [5.41, 5.74) is 1.25. The fraction of sp³-hybridized carbons (Fsp3) is 0.455. The maximum Gasteiger partial charge on any atom is 0.221 e. The Morgan fingerprint density at radius 2 is 2.44 bits per heavy atom. The van der Waals surface area contributed by atoms with Crippen LogP contribution in [0.4, 0.5) is 5.95 Å². The van der Waals surface area contributed by atoms with E-state index in [-0.39, 0.29) is 0 Å². The van der Waals surface area contributed by atoms with Crippen LogP contribution in [0.2, 0.25) is 0 Å². The molecule has 1 N–H and O–H groups in total. The molecule has 2 aromatic heterocycles. The highest BCUT2D eigenvalue weighted by Gasteiger charge is 2.19. The number of aromatic nitrogens is 3. The van der Waals surface area contributed by atoms with Crippen molar-refractivity contribution in [3.8, 4) is 10.7 Å². The quantitative estimate of drug-likeness (QED) is 0.823. The van der Waals surface area contributed by atoms with Gasteiger partial charge in [0.25, 0.3) is 0 Å². The predicted octanol–water partition coefficient (Wildman–Crippen LogP) is 2.38.